The number of nitrogens with zero attached hydrogens (tertiary/aromatic N) is 1. The minimum atomic E-state index is -0.421. The van der Waals surface area contributed by atoms with Gasteiger partial charge in [-0.15, -0.1) is 0 Å². The van der Waals surface area contributed by atoms with Crippen LogP contribution < -0.4 is 4.74 Å². The van der Waals surface area contributed by atoms with Crippen LogP contribution in [0.1, 0.15) is 35.1 Å². The van der Waals surface area contributed by atoms with Crippen molar-refractivity contribution in [2.75, 3.05) is 6.61 Å². The number of aryl methyl sites for hydroxylation is 1. The molecule has 3 unspecified atom stereocenters. The van der Waals surface area contributed by atoms with Gasteiger partial charge in [0.2, 0.25) is 0 Å². The zero-order valence-corrected chi connectivity index (χ0v) is 11.2. The number of para-hydroxylation sites is 1. The molecule has 102 valence electrons. The minimum Gasteiger partial charge on any atom is -0.493 e. The molecular weight excluding hydrogens is 250 g/mol. The monoisotopic (exact) mass is 267 g/mol. The van der Waals surface area contributed by atoms with E-state index in [9.17, 15) is 5.11 Å². The highest BCUT2D eigenvalue weighted by Crippen LogP contribution is 2.43. The summed E-state index contributed by atoms with van der Waals surface area (Å²) >= 11 is 0. The summed E-state index contributed by atoms with van der Waals surface area (Å²) in [6.07, 6.45) is 3.39. The van der Waals surface area contributed by atoms with Crippen molar-refractivity contribution in [1.29, 1.82) is 0 Å². The molecule has 1 aliphatic heterocycles. The van der Waals surface area contributed by atoms with Crippen LogP contribution in [0, 0.1) is 0 Å². The van der Waals surface area contributed by atoms with E-state index in [-0.39, 0.29) is 11.8 Å². The quantitative estimate of drug-likeness (QED) is 0.909. The maximum atomic E-state index is 10.8. The van der Waals surface area contributed by atoms with E-state index < -0.39 is 6.10 Å². The van der Waals surface area contributed by atoms with Crippen LogP contribution in [0.4, 0.5) is 0 Å². The van der Waals surface area contributed by atoms with Gasteiger partial charge in [0.1, 0.15) is 5.75 Å². The van der Waals surface area contributed by atoms with Crippen molar-refractivity contribution >= 4 is 0 Å². The molecular formula is C17H17NO2. The fraction of sp³-hybridized carbons (Fsp3) is 0.353. The number of rotatable bonds is 2. The number of hydrogen-bond acceptors (Lipinski definition) is 3. The molecule has 2 aromatic rings. The SMILES string of the molecule is OC(C1COc2ccccc21)C1CCc2cccnc21. The number of hydrogen-bond donors (Lipinski definition) is 1. The van der Waals surface area contributed by atoms with Gasteiger partial charge in [-0.1, -0.05) is 24.3 Å². The van der Waals surface area contributed by atoms with Gasteiger partial charge in [-0.2, -0.15) is 0 Å². The number of aliphatic hydroxyl groups excluding tert-OH is 1. The molecule has 2 heterocycles. The third-order valence-electron chi connectivity index (χ3n) is 4.56. The predicted octanol–water partition coefficient (Wildman–Crippen LogP) is 2.65. The molecule has 2 aliphatic rings. The summed E-state index contributed by atoms with van der Waals surface area (Å²) < 4.78 is 5.70. The van der Waals surface area contributed by atoms with Gasteiger partial charge >= 0.3 is 0 Å². The van der Waals surface area contributed by atoms with Crippen molar-refractivity contribution < 1.29 is 9.84 Å². The van der Waals surface area contributed by atoms with Crippen LogP contribution in [0.2, 0.25) is 0 Å². The maximum absolute atomic E-state index is 10.8. The van der Waals surface area contributed by atoms with Gasteiger partial charge in [0.05, 0.1) is 12.7 Å². The van der Waals surface area contributed by atoms with Crippen molar-refractivity contribution in [3.8, 4) is 5.75 Å². The zero-order chi connectivity index (χ0) is 13.5. The highest BCUT2D eigenvalue weighted by Gasteiger charge is 2.38. The van der Waals surface area contributed by atoms with Crippen LogP contribution >= 0.6 is 0 Å². The Hall–Kier alpha value is -1.87. The van der Waals surface area contributed by atoms with Crippen LogP contribution in [-0.4, -0.2) is 22.8 Å². The lowest BCUT2D eigenvalue weighted by Gasteiger charge is -2.23. The second kappa shape index (κ2) is 4.60. The van der Waals surface area contributed by atoms with Crippen molar-refractivity contribution in [2.45, 2.75) is 30.8 Å². The maximum Gasteiger partial charge on any atom is 0.123 e. The van der Waals surface area contributed by atoms with E-state index in [1.165, 1.54) is 5.56 Å². The largest absolute Gasteiger partial charge is 0.493 e. The third-order valence-corrected chi connectivity index (χ3v) is 4.56. The Morgan fingerprint density at radius 2 is 2.05 bits per heavy atom. The lowest BCUT2D eigenvalue weighted by molar-refractivity contribution is 0.100. The van der Waals surface area contributed by atoms with E-state index in [0.29, 0.717) is 6.61 Å². The van der Waals surface area contributed by atoms with Crippen molar-refractivity contribution in [3.05, 3.63) is 59.4 Å². The van der Waals surface area contributed by atoms with Gasteiger partial charge < -0.3 is 9.84 Å². The molecule has 0 fully saturated rings. The molecule has 3 heteroatoms. The molecule has 20 heavy (non-hydrogen) atoms. The topological polar surface area (TPSA) is 42.4 Å². The molecule has 1 aliphatic carbocycles. The number of ether oxygens (including phenoxy) is 1. The zero-order valence-electron chi connectivity index (χ0n) is 11.2. The first-order valence-electron chi connectivity index (χ1n) is 7.18. The number of pyridine rings is 1. The lowest BCUT2D eigenvalue weighted by atomic mass is 9.85. The first-order chi connectivity index (χ1) is 9.84. The lowest BCUT2D eigenvalue weighted by Crippen LogP contribution is -2.26. The fourth-order valence-electron chi connectivity index (χ4n) is 3.53. The Morgan fingerprint density at radius 3 is 3.00 bits per heavy atom. The summed E-state index contributed by atoms with van der Waals surface area (Å²) in [7, 11) is 0. The van der Waals surface area contributed by atoms with Crippen molar-refractivity contribution in [3.63, 3.8) is 0 Å². The first-order valence-corrected chi connectivity index (χ1v) is 7.18. The van der Waals surface area contributed by atoms with E-state index in [1.807, 2.05) is 30.5 Å². The molecule has 0 amide bonds. The van der Waals surface area contributed by atoms with Crippen molar-refractivity contribution in [1.82, 2.24) is 4.98 Å². The number of benzene rings is 1. The average Bonchev–Trinajstić information content (AvgIpc) is 3.11. The fourth-order valence-corrected chi connectivity index (χ4v) is 3.53. The molecule has 4 rings (SSSR count). The van der Waals surface area contributed by atoms with E-state index in [2.05, 4.69) is 17.1 Å². The molecule has 3 nitrogen and oxygen atoms in total. The van der Waals surface area contributed by atoms with E-state index in [4.69, 9.17) is 4.74 Å². The summed E-state index contributed by atoms with van der Waals surface area (Å²) in [5.41, 5.74) is 3.48. The summed E-state index contributed by atoms with van der Waals surface area (Å²) in [4.78, 5) is 4.49. The number of aromatic nitrogens is 1. The summed E-state index contributed by atoms with van der Waals surface area (Å²) in [6, 6.07) is 12.1. The smallest absolute Gasteiger partial charge is 0.123 e. The molecule has 3 atom stereocenters. The van der Waals surface area contributed by atoms with E-state index >= 15 is 0 Å². The van der Waals surface area contributed by atoms with E-state index in [0.717, 1.165) is 29.8 Å². The molecule has 1 aromatic heterocycles. The van der Waals surface area contributed by atoms with Gasteiger partial charge in [-0.25, -0.2) is 0 Å². The van der Waals surface area contributed by atoms with Crippen LogP contribution in [-0.2, 0) is 6.42 Å². The molecule has 1 N–H and O–H groups in total. The van der Waals surface area contributed by atoms with Gasteiger partial charge in [0, 0.05) is 29.3 Å². The second-order valence-corrected chi connectivity index (χ2v) is 5.64. The summed E-state index contributed by atoms with van der Waals surface area (Å²) in [6.45, 7) is 0.569. The standard InChI is InChI=1S/C17H17NO2/c19-17(13-8-7-11-4-3-9-18-16(11)13)14-10-20-15-6-2-1-5-12(14)15/h1-6,9,13-14,17,19H,7-8,10H2. The predicted molar refractivity (Wildman–Crippen MR) is 76.0 cm³/mol. The van der Waals surface area contributed by atoms with E-state index in [1.54, 1.807) is 0 Å². The van der Waals surface area contributed by atoms with Crippen LogP contribution in [0.15, 0.2) is 42.6 Å². The molecule has 0 spiro atoms. The second-order valence-electron chi connectivity index (χ2n) is 5.64. The number of aliphatic hydroxyl groups is 1. The Morgan fingerprint density at radius 1 is 1.15 bits per heavy atom. The van der Waals surface area contributed by atoms with Gasteiger partial charge in [0.15, 0.2) is 0 Å². The Bertz CT molecular complexity index is 585. The molecule has 0 radical (unpaired) electrons. The molecule has 0 saturated carbocycles. The Balaban J connectivity index is 1.65. The van der Waals surface area contributed by atoms with Gasteiger partial charge in [0.25, 0.3) is 0 Å². The molecule has 1 aromatic carbocycles. The van der Waals surface area contributed by atoms with Crippen LogP contribution in [0.5, 0.6) is 5.75 Å². The van der Waals surface area contributed by atoms with Crippen molar-refractivity contribution in [2.24, 2.45) is 0 Å². The summed E-state index contributed by atoms with van der Waals surface area (Å²) in [5, 5.41) is 10.8. The number of fused-ring (bicyclic) bond motifs is 2. The minimum absolute atomic E-state index is 0.0594. The van der Waals surface area contributed by atoms with Crippen LogP contribution in [0.25, 0.3) is 0 Å². The van der Waals surface area contributed by atoms with Crippen LogP contribution in [0.3, 0.4) is 0 Å². The third kappa shape index (κ3) is 1.74. The average molecular weight is 267 g/mol. The highest BCUT2D eigenvalue weighted by atomic mass is 16.5. The first kappa shape index (κ1) is 11.9. The Kier molecular flexibility index (Phi) is 2.74. The highest BCUT2D eigenvalue weighted by molar-refractivity contribution is 5.41. The normalized spacial score (nSPS) is 24.9. The Labute approximate surface area is 118 Å². The summed E-state index contributed by atoms with van der Waals surface area (Å²) in [5.74, 6) is 1.10. The van der Waals surface area contributed by atoms with Gasteiger partial charge in [-0.3, -0.25) is 4.98 Å². The van der Waals surface area contributed by atoms with Gasteiger partial charge in [-0.05, 0) is 30.5 Å². The molecule has 0 saturated heterocycles. The molecule has 0 bridgehead atoms.